The fourth-order valence-corrected chi connectivity index (χ4v) is 4.89. The molecule has 0 amide bonds. The highest BCUT2D eigenvalue weighted by molar-refractivity contribution is 5.67. The van der Waals surface area contributed by atoms with E-state index in [0.29, 0.717) is 24.7 Å². The van der Waals surface area contributed by atoms with Gasteiger partial charge in [0.1, 0.15) is 11.5 Å². The van der Waals surface area contributed by atoms with Crippen LogP contribution in [0.5, 0.6) is 11.5 Å². The molecule has 4 unspecified atom stereocenters. The summed E-state index contributed by atoms with van der Waals surface area (Å²) < 4.78 is 23.2. The van der Waals surface area contributed by atoms with Gasteiger partial charge in [-0.2, -0.15) is 0 Å². The van der Waals surface area contributed by atoms with Crippen molar-refractivity contribution in [1.82, 2.24) is 0 Å². The second kappa shape index (κ2) is 15.9. The minimum Gasteiger partial charge on any atom is -0.395 e. The third-order valence-electron chi connectivity index (χ3n) is 7.48. The van der Waals surface area contributed by atoms with Crippen molar-refractivity contribution in [3.8, 4) is 11.5 Å². The predicted octanol–water partition coefficient (Wildman–Crippen LogP) is 9.81. The van der Waals surface area contributed by atoms with Crippen LogP contribution in [0.1, 0.15) is 86.8 Å². The van der Waals surface area contributed by atoms with Crippen molar-refractivity contribution in [3.63, 3.8) is 0 Å². The monoisotopic (exact) mass is 566 g/mol. The lowest BCUT2D eigenvalue weighted by Crippen LogP contribution is -2.14. The van der Waals surface area contributed by atoms with E-state index in [1.54, 1.807) is 24.3 Å². The maximum absolute atomic E-state index is 12.4. The molecule has 0 saturated heterocycles. The molecule has 0 aliphatic carbocycles. The number of hydrogen-bond acceptors (Lipinski definition) is 5. The summed E-state index contributed by atoms with van der Waals surface area (Å²) in [6.45, 7) is 9.72. The zero-order valence-corrected chi connectivity index (χ0v) is 25.1. The first-order valence-electron chi connectivity index (χ1n) is 14.9. The van der Waals surface area contributed by atoms with E-state index in [1.807, 2.05) is 60.7 Å². The minimum absolute atomic E-state index is 0.0738. The summed E-state index contributed by atoms with van der Waals surface area (Å²) in [4.78, 5) is 12.4. The molecule has 0 radical (unpaired) electrons. The van der Waals surface area contributed by atoms with Gasteiger partial charge in [0.15, 0.2) is 0 Å². The van der Waals surface area contributed by atoms with Crippen LogP contribution >= 0.6 is 0 Å². The van der Waals surface area contributed by atoms with Crippen LogP contribution in [0.15, 0.2) is 109 Å². The summed E-state index contributed by atoms with van der Waals surface area (Å²) in [6.07, 6.45) is 1.20. The molecule has 4 rings (SSSR count). The highest BCUT2D eigenvalue weighted by atomic mass is 16.7. The Bertz CT molecular complexity index is 1230. The number of carbonyl (C=O) groups is 1. The molecule has 0 heterocycles. The van der Waals surface area contributed by atoms with Gasteiger partial charge in [-0.05, 0) is 59.4 Å². The van der Waals surface area contributed by atoms with Gasteiger partial charge in [0.25, 0.3) is 0 Å². The number of ether oxygens (including phenoxy) is 4. The second-order valence-corrected chi connectivity index (χ2v) is 10.7. The van der Waals surface area contributed by atoms with Crippen LogP contribution in [0.4, 0.5) is 4.79 Å². The zero-order valence-electron chi connectivity index (χ0n) is 25.1. The van der Waals surface area contributed by atoms with Gasteiger partial charge in [0.2, 0.25) is 0 Å². The Balaban J connectivity index is 1.23. The van der Waals surface area contributed by atoms with Crippen LogP contribution < -0.4 is 9.47 Å². The van der Waals surface area contributed by atoms with Gasteiger partial charge in [-0.1, -0.05) is 113 Å². The molecule has 0 spiro atoms. The Hall–Kier alpha value is -3.93. The molecule has 4 aromatic carbocycles. The quantitative estimate of drug-likeness (QED) is 0.112. The number of rotatable bonds is 14. The fraction of sp³-hybridized carbons (Fsp3) is 0.324. The summed E-state index contributed by atoms with van der Waals surface area (Å²) in [5.74, 6) is 1.25. The second-order valence-electron chi connectivity index (χ2n) is 10.7. The Kier molecular flexibility index (Phi) is 11.7. The van der Waals surface area contributed by atoms with E-state index < -0.39 is 6.16 Å². The zero-order chi connectivity index (χ0) is 29.7. The van der Waals surface area contributed by atoms with Gasteiger partial charge in [-0.3, -0.25) is 0 Å². The van der Waals surface area contributed by atoms with Crippen molar-refractivity contribution >= 4 is 6.16 Å². The van der Waals surface area contributed by atoms with Gasteiger partial charge in [0.05, 0.1) is 25.4 Å². The molecular weight excluding hydrogens is 524 g/mol. The van der Waals surface area contributed by atoms with Gasteiger partial charge >= 0.3 is 6.16 Å². The summed E-state index contributed by atoms with van der Waals surface area (Å²) in [5.41, 5.74) is 4.61. The maximum Gasteiger partial charge on any atom is 0.519 e. The molecule has 42 heavy (non-hydrogen) atoms. The molecule has 220 valence electrons. The van der Waals surface area contributed by atoms with Gasteiger partial charge in [-0.15, -0.1) is 0 Å². The average Bonchev–Trinajstić information content (AvgIpc) is 3.03. The highest BCUT2D eigenvalue weighted by Gasteiger charge is 2.15. The number of carbonyl (C=O) groups excluding carboxylic acids is 1. The fourth-order valence-electron chi connectivity index (χ4n) is 4.89. The Morgan fingerprint density at radius 3 is 1.21 bits per heavy atom. The van der Waals surface area contributed by atoms with Crippen LogP contribution in [-0.2, 0) is 9.47 Å². The van der Waals surface area contributed by atoms with Crippen molar-refractivity contribution in [3.05, 3.63) is 131 Å². The summed E-state index contributed by atoms with van der Waals surface area (Å²) in [7, 11) is 0. The van der Waals surface area contributed by atoms with E-state index in [4.69, 9.17) is 18.9 Å². The predicted molar refractivity (Wildman–Crippen MR) is 167 cm³/mol. The Morgan fingerprint density at radius 2 is 0.881 bits per heavy atom. The molecule has 0 aliphatic heterocycles. The SMILES string of the molecule is CCC(OCC(C)c1ccc(OC(=O)Oc2ccc(C(C)COC(CC)c3ccccc3)cc2)cc1)c1ccccc1. The number of hydrogen-bond donors (Lipinski definition) is 0. The largest absolute Gasteiger partial charge is 0.519 e. The molecular formula is C37H42O5. The van der Waals surface area contributed by atoms with Gasteiger partial charge in [-0.25, -0.2) is 4.79 Å². The van der Waals surface area contributed by atoms with E-state index in [1.165, 1.54) is 11.1 Å². The van der Waals surface area contributed by atoms with Crippen molar-refractivity contribution in [2.75, 3.05) is 13.2 Å². The van der Waals surface area contributed by atoms with Crippen LogP contribution in [0, 0.1) is 0 Å². The molecule has 4 aromatic rings. The Morgan fingerprint density at radius 1 is 0.524 bits per heavy atom. The molecule has 0 aliphatic rings. The van der Waals surface area contributed by atoms with Crippen LogP contribution in [0.25, 0.3) is 0 Å². The third kappa shape index (κ3) is 9.04. The number of benzene rings is 4. The first-order chi connectivity index (χ1) is 20.5. The highest BCUT2D eigenvalue weighted by Crippen LogP contribution is 2.27. The van der Waals surface area contributed by atoms with E-state index in [-0.39, 0.29) is 24.0 Å². The maximum atomic E-state index is 12.4. The lowest BCUT2D eigenvalue weighted by molar-refractivity contribution is 0.0423. The normalized spacial score (nSPS) is 14.0. The van der Waals surface area contributed by atoms with E-state index >= 15 is 0 Å². The molecule has 0 N–H and O–H groups in total. The van der Waals surface area contributed by atoms with Crippen molar-refractivity contribution in [2.24, 2.45) is 0 Å². The molecule has 0 aromatic heterocycles. The topological polar surface area (TPSA) is 54.0 Å². The molecule has 5 heteroatoms. The lowest BCUT2D eigenvalue weighted by Gasteiger charge is -2.20. The smallest absolute Gasteiger partial charge is 0.395 e. The summed E-state index contributed by atoms with van der Waals surface area (Å²) >= 11 is 0. The average molecular weight is 567 g/mol. The summed E-state index contributed by atoms with van der Waals surface area (Å²) in [6, 6.07) is 35.5. The van der Waals surface area contributed by atoms with Gasteiger partial charge in [0, 0.05) is 11.8 Å². The summed E-state index contributed by atoms with van der Waals surface area (Å²) in [5, 5.41) is 0. The van der Waals surface area contributed by atoms with E-state index in [2.05, 4.69) is 52.0 Å². The first kappa shape index (κ1) is 31.0. The van der Waals surface area contributed by atoms with Crippen molar-refractivity contribution in [2.45, 2.75) is 64.6 Å². The van der Waals surface area contributed by atoms with Crippen molar-refractivity contribution < 1.29 is 23.7 Å². The first-order valence-corrected chi connectivity index (χ1v) is 14.9. The Labute approximate surface area is 250 Å². The molecule has 0 fully saturated rings. The van der Waals surface area contributed by atoms with Crippen molar-refractivity contribution in [1.29, 1.82) is 0 Å². The van der Waals surface area contributed by atoms with E-state index in [0.717, 1.165) is 24.0 Å². The standard InChI is InChI=1S/C37H42O5/c1-5-35(31-13-9-7-10-14-31)39-25-27(3)29-17-21-33(22-18-29)41-37(38)42-34-23-19-30(20-24-34)28(4)26-40-36(6-2)32-15-11-8-12-16-32/h7-24,27-28,35-36H,5-6,25-26H2,1-4H3. The molecule has 0 bridgehead atoms. The molecule has 5 nitrogen and oxygen atoms in total. The molecule has 0 saturated carbocycles. The minimum atomic E-state index is -0.773. The lowest BCUT2D eigenvalue weighted by atomic mass is 10.0. The van der Waals surface area contributed by atoms with Crippen LogP contribution in [0.3, 0.4) is 0 Å². The van der Waals surface area contributed by atoms with E-state index in [9.17, 15) is 4.79 Å². The van der Waals surface area contributed by atoms with Gasteiger partial charge < -0.3 is 18.9 Å². The van der Waals surface area contributed by atoms with Crippen LogP contribution in [0.2, 0.25) is 0 Å². The third-order valence-corrected chi connectivity index (χ3v) is 7.48. The van der Waals surface area contributed by atoms with Crippen LogP contribution in [-0.4, -0.2) is 19.4 Å². The molecule has 4 atom stereocenters.